The number of hydrogen-bond acceptors (Lipinski definition) is 16. The summed E-state index contributed by atoms with van der Waals surface area (Å²) in [5.74, 6) is -2.35. The molecule has 2 atom stereocenters. The number of carbonyl (C=O) groups excluding carboxylic acids is 6. The number of amides is 6. The minimum absolute atomic E-state index is 0.0362. The molecule has 2 aromatic heterocycles. The highest BCUT2D eigenvalue weighted by Gasteiger charge is 2.46. The molecule has 18 nitrogen and oxygen atoms in total. The van der Waals surface area contributed by atoms with Crippen LogP contribution in [0.1, 0.15) is 77.1 Å². The van der Waals surface area contributed by atoms with Crippen molar-refractivity contribution in [1.29, 1.82) is 0 Å². The van der Waals surface area contributed by atoms with E-state index in [-0.39, 0.29) is 57.7 Å². The van der Waals surface area contributed by atoms with E-state index in [9.17, 15) is 45.6 Å². The topological polar surface area (TPSA) is 238 Å². The minimum Gasteiger partial charge on any atom is -0.454 e. The van der Waals surface area contributed by atoms with Crippen LogP contribution >= 0.6 is 22.7 Å². The normalized spacial score (nSPS) is 16.1. The highest BCUT2D eigenvalue weighted by atomic mass is 32.2. The van der Waals surface area contributed by atoms with Crippen LogP contribution in [0.3, 0.4) is 0 Å². The maximum atomic E-state index is 13.1. The van der Waals surface area contributed by atoms with Gasteiger partial charge in [0.1, 0.15) is 29.4 Å². The average Bonchev–Trinajstić information content (AvgIpc) is 3.98. The van der Waals surface area contributed by atoms with E-state index in [1.807, 2.05) is 0 Å². The molecule has 2 aromatic carbocycles. The van der Waals surface area contributed by atoms with Crippen molar-refractivity contribution >= 4 is 89.2 Å². The van der Waals surface area contributed by atoms with Crippen LogP contribution in [0.2, 0.25) is 0 Å². The van der Waals surface area contributed by atoms with Crippen molar-refractivity contribution in [2.24, 2.45) is 0 Å². The van der Waals surface area contributed by atoms with Crippen molar-refractivity contribution in [2.75, 3.05) is 48.2 Å². The number of nitrogens with zero attached hydrogens (tertiary/aromatic N) is 2. The maximum Gasteiger partial charge on any atom is 0.272 e. The number of rotatable bonds is 10. The van der Waals surface area contributed by atoms with Gasteiger partial charge in [0.2, 0.25) is 25.4 Å². The van der Waals surface area contributed by atoms with Gasteiger partial charge in [-0.25, -0.2) is 16.8 Å². The Morgan fingerprint density at radius 2 is 0.983 bits per heavy atom. The van der Waals surface area contributed by atoms with Crippen molar-refractivity contribution in [3.05, 3.63) is 79.2 Å². The smallest absolute Gasteiger partial charge is 0.272 e. The third-order valence-electron chi connectivity index (χ3n) is 9.00. The minimum atomic E-state index is -3.55. The third-order valence-corrected chi connectivity index (χ3v) is 12.8. The molecule has 4 aromatic rings. The van der Waals surface area contributed by atoms with Crippen LogP contribution in [0.4, 0.5) is 11.4 Å². The molecular formula is C36H32N4O14S4. The van der Waals surface area contributed by atoms with Crippen molar-refractivity contribution in [3.63, 3.8) is 0 Å². The van der Waals surface area contributed by atoms with Crippen LogP contribution in [0.15, 0.2) is 47.2 Å². The van der Waals surface area contributed by atoms with E-state index in [0.29, 0.717) is 34.1 Å². The quantitative estimate of drug-likeness (QED) is 0.217. The number of nitrogens with one attached hydrogen (secondary N) is 2. The SMILES string of the molecule is CC(=O)Nc1csc2c1C(=O)N([C@@H](CS(C)(=O)=O)c1ccc3c(c1)OCO3)C2=O.CC(=O)Nc1csc2c1C(=O)N([C@H](CS(C)(=O)=O)c1ccc3c(c1)OCO3)C2=O. The number of thiophene rings is 2. The summed E-state index contributed by atoms with van der Waals surface area (Å²) in [7, 11) is -7.11. The van der Waals surface area contributed by atoms with Crippen LogP contribution in [0, 0.1) is 0 Å². The van der Waals surface area contributed by atoms with Gasteiger partial charge in [-0.2, -0.15) is 0 Å². The number of hydrogen-bond donors (Lipinski definition) is 2. The van der Waals surface area contributed by atoms with Gasteiger partial charge in [0.05, 0.1) is 46.1 Å². The van der Waals surface area contributed by atoms with Gasteiger partial charge in [-0.05, 0) is 35.4 Å². The Morgan fingerprint density at radius 1 is 0.621 bits per heavy atom. The van der Waals surface area contributed by atoms with E-state index in [1.54, 1.807) is 36.4 Å². The number of ether oxygens (including phenoxy) is 4. The first-order valence-electron chi connectivity index (χ1n) is 17.0. The van der Waals surface area contributed by atoms with Gasteiger partial charge >= 0.3 is 0 Å². The molecule has 6 heterocycles. The fourth-order valence-corrected chi connectivity index (χ4v) is 10.4. The van der Waals surface area contributed by atoms with Crippen LogP contribution < -0.4 is 29.6 Å². The molecule has 0 aliphatic carbocycles. The maximum absolute atomic E-state index is 13.1. The summed E-state index contributed by atoms with van der Waals surface area (Å²) in [5.41, 5.74) is 1.49. The van der Waals surface area contributed by atoms with Gasteiger partial charge in [-0.3, -0.25) is 38.6 Å². The second-order valence-corrected chi connectivity index (χ2v) is 19.6. The summed E-state index contributed by atoms with van der Waals surface area (Å²) in [5, 5.41) is 8.11. The van der Waals surface area contributed by atoms with Gasteiger partial charge in [0.15, 0.2) is 23.0 Å². The van der Waals surface area contributed by atoms with Crippen molar-refractivity contribution < 1.29 is 64.6 Å². The largest absolute Gasteiger partial charge is 0.454 e. The third kappa shape index (κ3) is 7.86. The van der Waals surface area contributed by atoms with Crippen LogP contribution in [0.5, 0.6) is 23.0 Å². The molecule has 22 heteroatoms. The van der Waals surface area contributed by atoms with Gasteiger partial charge in [0.25, 0.3) is 23.6 Å². The Hall–Kier alpha value is -5.84. The van der Waals surface area contributed by atoms with Gasteiger partial charge in [-0.15, -0.1) is 22.7 Å². The molecule has 304 valence electrons. The number of imide groups is 2. The first-order chi connectivity index (χ1) is 27.3. The number of sulfone groups is 2. The van der Waals surface area contributed by atoms with E-state index in [1.165, 1.54) is 24.6 Å². The summed E-state index contributed by atoms with van der Waals surface area (Å²) in [6.07, 6.45) is 2.08. The molecule has 0 bridgehead atoms. The lowest BCUT2D eigenvalue weighted by molar-refractivity contribution is -0.115. The molecule has 0 saturated heterocycles. The first kappa shape index (κ1) is 40.4. The Bertz CT molecular complexity index is 2490. The zero-order valence-electron chi connectivity index (χ0n) is 30.8. The molecule has 0 fully saturated rings. The number of anilines is 2. The number of benzene rings is 2. The lowest BCUT2D eigenvalue weighted by Gasteiger charge is -2.26. The predicted molar refractivity (Wildman–Crippen MR) is 208 cm³/mol. The van der Waals surface area contributed by atoms with Crippen LogP contribution in [0.25, 0.3) is 0 Å². The van der Waals surface area contributed by atoms with Crippen molar-refractivity contribution in [3.8, 4) is 23.0 Å². The molecule has 0 radical (unpaired) electrons. The standard InChI is InChI=1S/2C18H16N2O7S2/c2*1-9(21)19-11-6-28-16-15(11)17(22)20(18(16)23)12(7-29(2,24)25)10-3-4-13-14(5-10)27-8-26-13/h2*3-6,12H,7-8H2,1-2H3,(H,19,21)/t2*12-/m10/s1. The fourth-order valence-electron chi connectivity index (χ4n) is 6.68. The fraction of sp³-hybridized carbons (Fsp3) is 0.278. The van der Waals surface area contributed by atoms with Crippen LogP contribution in [-0.2, 0) is 29.3 Å². The lowest BCUT2D eigenvalue weighted by atomic mass is 10.1. The second-order valence-electron chi connectivity index (χ2n) is 13.5. The molecule has 8 rings (SSSR count). The Kier molecular flexibility index (Phi) is 10.5. The Labute approximate surface area is 338 Å². The number of carbonyl (C=O) groups is 6. The average molecular weight is 873 g/mol. The number of fused-ring (bicyclic) bond motifs is 4. The zero-order chi connectivity index (χ0) is 41.8. The summed E-state index contributed by atoms with van der Waals surface area (Å²) in [6.45, 7) is 2.66. The van der Waals surface area contributed by atoms with Crippen molar-refractivity contribution in [1.82, 2.24) is 9.80 Å². The zero-order valence-corrected chi connectivity index (χ0v) is 34.1. The molecule has 6 amide bonds. The van der Waals surface area contributed by atoms with E-state index in [4.69, 9.17) is 18.9 Å². The molecule has 0 spiro atoms. The second kappa shape index (κ2) is 15.2. The summed E-state index contributed by atoms with van der Waals surface area (Å²) >= 11 is 2.05. The molecular weight excluding hydrogens is 841 g/mol. The molecule has 58 heavy (non-hydrogen) atoms. The molecule has 4 aliphatic rings. The Morgan fingerprint density at radius 3 is 1.33 bits per heavy atom. The van der Waals surface area contributed by atoms with E-state index in [2.05, 4.69) is 10.6 Å². The molecule has 2 N–H and O–H groups in total. The lowest BCUT2D eigenvalue weighted by Crippen LogP contribution is -2.37. The molecule has 4 aliphatic heterocycles. The van der Waals surface area contributed by atoms with E-state index >= 15 is 0 Å². The van der Waals surface area contributed by atoms with Gasteiger partial charge in [0, 0.05) is 37.1 Å². The molecule has 0 unspecified atom stereocenters. The van der Waals surface area contributed by atoms with E-state index < -0.39 is 66.9 Å². The highest BCUT2D eigenvalue weighted by molar-refractivity contribution is 7.90. The van der Waals surface area contributed by atoms with Crippen LogP contribution in [-0.4, -0.2) is 99.7 Å². The predicted octanol–water partition coefficient (Wildman–Crippen LogP) is 3.63. The summed E-state index contributed by atoms with van der Waals surface area (Å²) in [4.78, 5) is 77.2. The monoisotopic (exact) mass is 872 g/mol. The van der Waals surface area contributed by atoms with E-state index in [0.717, 1.165) is 45.0 Å². The van der Waals surface area contributed by atoms with Gasteiger partial charge < -0.3 is 29.6 Å². The Balaban J connectivity index is 0.000000177. The van der Waals surface area contributed by atoms with Gasteiger partial charge in [-0.1, -0.05) is 12.1 Å². The summed E-state index contributed by atoms with van der Waals surface area (Å²) in [6, 6.07) is 7.46. The molecule has 0 saturated carbocycles. The summed E-state index contributed by atoms with van der Waals surface area (Å²) < 4.78 is 69.5. The van der Waals surface area contributed by atoms with Crippen molar-refractivity contribution in [2.45, 2.75) is 25.9 Å². The first-order valence-corrected chi connectivity index (χ1v) is 22.9. The highest BCUT2D eigenvalue weighted by Crippen LogP contribution is 2.43.